The highest BCUT2D eigenvalue weighted by Gasteiger charge is 2.41. The molecule has 5 nitrogen and oxygen atoms in total. The molecule has 0 amide bonds. The quantitative estimate of drug-likeness (QED) is 0.419. The van der Waals surface area contributed by atoms with Crippen molar-refractivity contribution in [3.05, 3.63) is 81.0 Å². The second-order valence-corrected chi connectivity index (χ2v) is 11.2. The van der Waals surface area contributed by atoms with Gasteiger partial charge in [0.25, 0.3) is 0 Å². The maximum Gasteiger partial charge on any atom is 0.227 e. The second kappa shape index (κ2) is 8.19. The van der Waals surface area contributed by atoms with Gasteiger partial charge in [-0.2, -0.15) is 4.98 Å². The van der Waals surface area contributed by atoms with Gasteiger partial charge in [-0.15, -0.1) is 5.10 Å². The Hall–Kier alpha value is -2.38. The Labute approximate surface area is 200 Å². The number of nitrogens with one attached hydrogen (secondary N) is 1. The summed E-state index contributed by atoms with van der Waals surface area (Å²) >= 11 is 5.13. The molecule has 2 heterocycles. The maximum atomic E-state index is 13.3. The first-order valence-electron chi connectivity index (χ1n) is 10.7. The normalized spacial score (nSPS) is 19.4. The molecule has 0 saturated carbocycles. The molecule has 0 spiro atoms. The average Bonchev–Trinajstić information content (AvgIpc) is 3.13. The van der Waals surface area contributed by atoms with Gasteiger partial charge in [-0.3, -0.25) is 4.79 Å². The van der Waals surface area contributed by atoms with Gasteiger partial charge in [0.05, 0.1) is 0 Å². The summed E-state index contributed by atoms with van der Waals surface area (Å²) in [6.45, 7) is 6.39. The lowest BCUT2D eigenvalue weighted by molar-refractivity contribution is -0.118. The third-order valence-corrected chi connectivity index (χ3v) is 7.39. The number of ketones is 1. The Balaban J connectivity index is 1.52. The third kappa shape index (κ3) is 4.16. The van der Waals surface area contributed by atoms with Crippen molar-refractivity contribution < 1.29 is 4.79 Å². The highest BCUT2D eigenvalue weighted by molar-refractivity contribution is 9.10. The van der Waals surface area contributed by atoms with Gasteiger partial charge in [-0.1, -0.05) is 83.5 Å². The average molecular weight is 509 g/mol. The zero-order valence-electron chi connectivity index (χ0n) is 18.4. The number of hydrogen-bond donors (Lipinski definition) is 1. The largest absolute Gasteiger partial charge is 0.328 e. The smallest absolute Gasteiger partial charge is 0.227 e. The first-order chi connectivity index (χ1) is 15.3. The van der Waals surface area contributed by atoms with Gasteiger partial charge in [-0.05, 0) is 42.0 Å². The summed E-state index contributed by atoms with van der Waals surface area (Å²) < 4.78 is 2.89. The molecule has 1 unspecified atom stereocenters. The summed E-state index contributed by atoms with van der Waals surface area (Å²) in [7, 11) is 0. The maximum absolute atomic E-state index is 13.3. The fourth-order valence-electron chi connectivity index (χ4n) is 4.55. The number of nitrogens with zero attached hydrogens (tertiary/aromatic N) is 3. The van der Waals surface area contributed by atoms with E-state index in [1.807, 2.05) is 16.8 Å². The van der Waals surface area contributed by atoms with Crippen LogP contribution in [0.5, 0.6) is 0 Å². The van der Waals surface area contributed by atoms with Crippen LogP contribution in [0.4, 0.5) is 5.95 Å². The molecule has 0 saturated heterocycles. The van der Waals surface area contributed by atoms with Gasteiger partial charge in [0.2, 0.25) is 11.1 Å². The van der Waals surface area contributed by atoms with E-state index in [0.29, 0.717) is 17.5 Å². The summed E-state index contributed by atoms with van der Waals surface area (Å²) in [5.41, 5.74) is 5.26. The fraction of sp³-hybridized carbons (Fsp3) is 0.320. The predicted octanol–water partition coefficient (Wildman–Crippen LogP) is 6.30. The zero-order chi connectivity index (χ0) is 22.5. The number of rotatable bonds is 4. The molecule has 32 heavy (non-hydrogen) atoms. The molecule has 0 fully saturated rings. The lowest BCUT2D eigenvalue weighted by Gasteiger charge is -2.38. The van der Waals surface area contributed by atoms with Crippen molar-refractivity contribution in [3.8, 4) is 0 Å². The van der Waals surface area contributed by atoms with Crippen molar-refractivity contribution in [2.45, 2.75) is 50.6 Å². The molecule has 1 N–H and O–H groups in total. The van der Waals surface area contributed by atoms with Crippen LogP contribution in [-0.4, -0.2) is 20.5 Å². The van der Waals surface area contributed by atoms with E-state index in [1.165, 1.54) is 11.1 Å². The number of aromatic nitrogens is 3. The van der Waals surface area contributed by atoms with E-state index in [0.717, 1.165) is 33.5 Å². The highest BCUT2D eigenvalue weighted by atomic mass is 79.9. The van der Waals surface area contributed by atoms with E-state index in [-0.39, 0.29) is 17.2 Å². The molecule has 1 atom stereocenters. The molecular weight excluding hydrogens is 484 g/mol. The van der Waals surface area contributed by atoms with Gasteiger partial charge in [0.15, 0.2) is 5.78 Å². The van der Waals surface area contributed by atoms with Crippen LogP contribution in [0.1, 0.15) is 49.4 Å². The van der Waals surface area contributed by atoms with Gasteiger partial charge in [-0.25, -0.2) is 4.68 Å². The van der Waals surface area contributed by atoms with E-state index in [9.17, 15) is 4.79 Å². The SMILES string of the molecule is Cc1cccc(CSc2nc3n(n2)C(c2ccc(Br)cc2)C2=C(CC(C)(C)CC2=O)N3)c1. The van der Waals surface area contributed by atoms with Crippen LogP contribution in [0.3, 0.4) is 0 Å². The summed E-state index contributed by atoms with van der Waals surface area (Å²) in [6, 6.07) is 16.4. The predicted molar refractivity (Wildman–Crippen MR) is 132 cm³/mol. The van der Waals surface area contributed by atoms with Crippen molar-refractivity contribution in [2.75, 3.05) is 5.32 Å². The minimum absolute atomic E-state index is 0.0713. The number of allylic oxidation sites excluding steroid dienone is 2. The second-order valence-electron chi connectivity index (χ2n) is 9.35. The standard InChI is InChI=1S/C25H25BrN4OS/c1-15-5-4-6-16(11-15)14-32-24-28-23-27-19-12-25(2,3)13-20(31)21(19)22(30(23)29-24)17-7-9-18(26)10-8-17/h4-11,22H,12-14H2,1-3H3,(H,27,28,29). The van der Waals surface area contributed by atoms with E-state index in [4.69, 9.17) is 10.1 Å². The highest BCUT2D eigenvalue weighted by Crippen LogP contribution is 2.45. The molecule has 0 radical (unpaired) electrons. The van der Waals surface area contributed by atoms with Crippen LogP contribution in [0.2, 0.25) is 0 Å². The van der Waals surface area contributed by atoms with E-state index >= 15 is 0 Å². The van der Waals surface area contributed by atoms with Gasteiger partial charge < -0.3 is 5.32 Å². The number of fused-ring (bicyclic) bond motifs is 1. The van der Waals surface area contributed by atoms with Crippen molar-refractivity contribution >= 4 is 39.4 Å². The van der Waals surface area contributed by atoms with Crippen LogP contribution < -0.4 is 5.32 Å². The Kier molecular flexibility index (Phi) is 5.50. The number of Topliss-reactive ketones (excluding diaryl/α,β-unsaturated/α-hetero) is 1. The Bertz CT molecular complexity index is 1230. The minimum Gasteiger partial charge on any atom is -0.328 e. The first-order valence-corrected chi connectivity index (χ1v) is 12.5. The van der Waals surface area contributed by atoms with Crippen molar-refractivity contribution in [2.24, 2.45) is 5.41 Å². The summed E-state index contributed by atoms with van der Waals surface area (Å²) in [5.74, 6) is 1.69. The Morgan fingerprint density at radius 1 is 1.19 bits per heavy atom. The summed E-state index contributed by atoms with van der Waals surface area (Å²) in [6.07, 6.45) is 1.36. The number of hydrogen-bond acceptors (Lipinski definition) is 5. The van der Waals surface area contributed by atoms with Crippen LogP contribution >= 0.6 is 27.7 Å². The summed E-state index contributed by atoms with van der Waals surface area (Å²) in [4.78, 5) is 18.1. The minimum atomic E-state index is -0.265. The molecule has 2 aliphatic rings. The summed E-state index contributed by atoms with van der Waals surface area (Å²) in [5, 5.41) is 9.00. The molecule has 1 aliphatic heterocycles. The number of carbonyl (C=O) groups excluding carboxylic acids is 1. The molecule has 2 aromatic carbocycles. The number of thioether (sulfide) groups is 1. The van der Waals surface area contributed by atoms with Gasteiger partial charge in [0.1, 0.15) is 6.04 Å². The van der Waals surface area contributed by atoms with Crippen molar-refractivity contribution in [1.29, 1.82) is 0 Å². The van der Waals surface area contributed by atoms with Crippen molar-refractivity contribution in [1.82, 2.24) is 14.8 Å². The molecule has 164 valence electrons. The zero-order valence-corrected chi connectivity index (χ0v) is 20.8. The van der Waals surface area contributed by atoms with Crippen molar-refractivity contribution in [3.63, 3.8) is 0 Å². The molecule has 0 bridgehead atoms. The van der Waals surface area contributed by atoms with E-state index in [2.05, 4.69) is 78.4 Å². The molecule has 1 aromatic heterocycles. The molecule has 3 aromatic rings. The number of aryl methyl sites for hydroxylation is 1. The number of anilines is 1. The van der Waals surface area contributed by atoms with E-state index in [1.54, 1.807) is 11.8 Å². The monoisotopic (exact) mass is 508 g/mol. The molecular formula is C25H25BrN4OS. The van der Waals surface area contributed by atoms with E-state index < -0.39 is 0 Å². The van der Waals surface area contributed by atoms with Crippen LogP contribution in [0.25, 0.3) is 0 Å². The molecule has 1 aliphatic carbocycles. The number of benzene rings is 2. The van der Waals surface area contributed by atoms with Crippen LogP contribution in [0, 0.1) is 12.3 Å². The molecule has 5 rings (SSSR count). The van der Waals surface area contributed by atoms with Gasteiger partial charge in [0, 0.05) is 27.9 Å². The van der Waals surface area contributed by atoms with Crippen LogP contribution in [0.15, 0.2) is 69.4 Å². The Morgan fingerprint density at radius 3 is 2.72 bits per heavy atom. The lowest BCUT2D eigenvalue weighted by Crippen LogP contribution is -2.36. The fourth-order valence-corrected chi connectivity index (χ4v) is 5.59. The lowest BCUT2D eigenvalue weighted by atomic mass is 9.73. The van der Waals surface area contributed by atoms with Gasteiger partial charge >= 0.3 is 0 Å². The number of halogens is 1. The topological polar surface area (TPSA) is 59.8 Å². The Morgan fingerprint density at radius 2 is 1.97 bits per heavy atom. The molecule has 7 heteroatoms. The third-order valence-electron chi connectivity index (χ3n) is 5.95. The number of carbonyl (C=O) groups is 1. The first kappa shape index (κ1) is 21.5. The van der Waals surface area contributed by atoms with Crippen LogP contribution in [-0.2, 0) is 10.5 Å².